The average Bonchev–Trinajstić information content (AvgIpc) is 2.71. The minimum absolute atomic E-state index is 0.0147. The molecule has 0 aliphatic rings. The number of fused-ring (bicyclic) bond motifs is 2. The number of benzene rings is 4. The molecule has 0 aliphatic carbocycles. The zero-order valence-electron chi connectivity index (χ0n) is 15.1. The van der Waals surface area contributed by atoms with Gasteiger partial charge in [0.15, 0.2) is 0 Å². The third-order valence-corrected chi connectivity index (χ3v) is 5.38. The van der Waals surface area contributed by atoms with Gasteiger partial charge in [0, 0.05) is 0 Å². The molecule has 1 atom stereocenters. The van der Waals surface area contributed by atoms with E-state index in [-0.39, 0.29) is 17.9 Å². The standard InChI is InChI=1S/C22H17O6P/c23-22(24)16-7-5-15(6-8-16)14-27-29(25,26)28-21-10-9-19-11-17-3-1-2-4-18(17)12-20(19)13-21/h1-13H,14H2,(H,23,24)(H,25,26)/p-1. The lowest BCUT2D eigenvalue weighted by molar-refractivity contribution is -0.255. The monoisotopic (exact) mass is 407 g/mol. The maximum atomic E-state index is 12.3. The second-order valence-electron chi connectivity index (χ2n) is 6.53. The molecule has 4 rings (SSSR count). The molecule has 0 radical (unpaired) electrons. The van der Waals surface area contributed by atoms with Crippen LogP contribution < -0.4 is 9.63 Å². The quantitative estimate of drug-likeness (QED) is 0.383. The van der Waals surface area contributed by atoms with Gasteiger partial charge in [-0.3, -0.25) is 9.42 Å². The van der Waals surface area contributed by atoms with Crippen LogP contribution in [0.5, 0.6) is 5.75 Å². The van der Waals surface area contributed by atoms with Crippen molar-refractivity contribution in [2.24, 2.45) is 0 Å². The molecule has 7 heteroatoms. The molecule has 0 bridgehead atoms. The summed E-state index contributed by atoms with van der Waals surface area (Å²) in [6, 6.07) is 22.7. The van der Waals surface area contributed by atoms with Gasteiger partial charge in [-0.15, -0.1) is 0 Å². The van der Waals surface area contributed by atoms with Crippen molar-refractivity contribution in [2.75, 3.05) is 0 Å². The van der Waals surface area contributed by atoms with E-state index in [1.54, 1.807) is 12.1 Å². The van der Waals surface area contributed by atoms with E-state index in [1.165, 1.54) is 24.3 Å². The zero-order chi connectivity index (χ0) is 20.4. The highest BCUT2D eigenvalue weighted by molar-refractivity contribution is 7.47. The predicted molar refractivity (Wildman–Crippen MR) is 107 cm³/mol. The molecule has 0 spiro atoms. The molecule has 6 nitrogen and oxygen atoms in total. The van der Waals surface area contributed by atoms with Gasteiger partial charge in [0.2, 0.25) is 0 Å². The van der Waals surface area contributed by atoms with Gasteiger partial charge < -0.3 is 14.4 Å². The van der Waals surface area contributed by atoms with E-state index in [4.69, 9.17) is 9.05 Å². The molecule has 0 saturated heterocycles. The molecule has 0 saturated carbocycles. The topological polar surface area (TPSA) is 95.9 Å². The van der Waals surface area contributed by atoms with Crippen LogP contribution in [-0.4, -0.2) is 10.9 Å². The highest BCUT2D eigenvalue weighted by Gasteiger charge is 2.23. The van der Waals surface area contributed by atoms with Crippen LogP contribution in [0, 0.1) is 0 Å². The van der Waals surface area contributed by atoms with Crippen molar-refractivity contribution in [3.8, 4) is 5.75 Å². The third kappa shape index (κ3) is 4.46. The van der Waals surface area contributed by atoms with Crippen LogP contribution in [0.25, 0.3) is 21.5 Å². The Morgan fingerprint density at radius 1 is 0.862 bits per heavy atom. The van der Waals surface area contributed by atoms with Crippen LogP contribution in [0.4, 0.5) is 0 Å². The summed E-state index contributed by atoms with van der Waals surface area (Å²) in [5.41, 5.74) is 0.540. The molecule has 1 unspecified atom stereocenters. The summed E-state index contributed by atoms with van der Waals surface area (Å²) in [6.45, 7) is -0.209. The smallest absolute Gasteiger partial charge is 0.527 e. The van der Waals surface area contributed by atoms with Crippen molar-refractivity contribution in [1.82, 2.24) is 0 Å². The SMILES string of the molecule is O=C([O-])c1ccc(COP(=O)(O)Oc2ccc3cc4ccccc4cc3c2)cc1. The molecule has 1 N–H and O–H groups in total. The zero-order valence-corrected chi connectivity index (χ0v) is 16.0. The van der Waals surface area contributed by atoms with Crippen molar-refractivity contribution in [2.45, 2.75) is 6.61 Å². The van der Waals surface area contributed by atoms with Gasteiger partial charge in [-0.05, 0) is 56.9 Å². The van der Waals surface area contributed by atoms with Crippen LogP contribution >= 0.6 is 7.82 Å². The molecule has 0 aromatic heterocycles. The van der Waals surface area contributed by atoms with Crippen LogP contribution in [-0.2, 0) is 15.7 Å². The number of hydrogen-bond donors (Lipinski definition) is 1. The van der Waals surface area contributed by atoms with E-state index >= 15 is 0 Å². The molecular formula is C22H16O6P-. The Balaban J connectivity index is 1.49. The van der Waals surface area contributed by atoms with Crippen LogP contribution in [0.1, 0.15) is 15.9 Å². The first-order chi connectivity index (χ1) is 13.9. The minimum atomic E-state index is -4.37. The predicted octanol–water partition coefficient (Wildman–Crippen LogP) is 4.05. The number of carboxylic acid groups (broad SMARTS) is 1. The normalized spacial score (nSPS) is 13.3. The van der Waals surface area contributed by atoms with Crippen molar-refractivity contribution in [3.05, 3.63) is 90.0 Å². The number of aromatic carboxylic acids is 1. The fourth-order valence-corrected chi connectivity index (χ4v) is 3.77. The van der Waals surface area contributed by atoms with E-state index in [1.807, 2.05) is 42.5 Å². The number of carbonyl (C=O) groups excluding carboxylic acids is 1. The van der Waals surface area contributed by atoms with Gasteiger partial charge in [-0.1, -0.05) is 54.6 Å². The number of phosphoric ester groups is 1. The first kappa shape index (κ1) is 19.2. The second-order valence-corrected chi connectivity index (χ2v) is 7.90. The fraction of sp³-hybridized carbons (Fsp3) is 0.0455. The molecule has 0 heterocycles. The maximum absolute atomic E-state index is 12.3. The molecule has 0 fully saturated rings. The maximum Gasteiger partial charge on any atom is 0.527 e. The van der Waals surface area contributed by atoms with Gasteiger partial charge in [0.25, 0.3) is 0 Å². The van der Waals surface area contributed by atoms with Gasteiger partial charge in [0.1, 0.15) is 5.75 Å². The highest BCUT2D eigenvalue weighted by Crippen LogP contribution is 2.45. The molecule has 4 aromatic rings. The summed E-state index contributed by atoms with van der Waals surface area (Å²) >= 11 is 0. The van der Waals surface area contributed by atoms with E-state index in [2.05, 4.69) is 0 Å². The van der Waals surface area contributed by atoms with Gasteiger partial charge in [0.05, 0.1) is 12.6 Å². The lowest BCUT2D eigenvalue weighted by Gasteiger charge is -2.14. The number of carboxylic acids is 1. The first-order valence-corrected chi connectivity index (χ1v) is 10.3. The largest absolute Gasteiger partial charge is 0.545 e. The number of rotatable bonds is 6. The van der Waals surface area contributed by atoms with E-state index < -0.39 is 13.8 Å². The van der Waals surface area contributed by atoms with E-state index in [0.717, 1.165) is 21.5 Å². The second kappa shape index (κ2) is 7.68. The highest BCUT2D eigenvalue weighted by atomic mass is 31.2. The number of carbonyl (C=O) groups is 1. The van der Waals surface area contributed by atoms with Gasteiger partial charge in [-0.2, -0.15) is 0 Å². The van der Waals surface area contributed by atoms with Crippen molar-refractivity contribution < 1.29 is 28.4 Å². The van der Waals surface area contributed by atoms with Crippen molar-refractivity contribution in [3.63, 3.8) is 0 Å². The number of hydrogen-bond acceptors (Lipinski definition) is 5. The van der Waals surface area contributed by atoms with Crippen LogP contribution in [0.3, 0.4) is 0 Å². The number of phosphoric acid groups is 1. The molecule has 0 aliphatic heterocycles. The van der Waals surface area contributed by atoms with E-state index in [0.29, 0.717) is 5.56 Å². The summed E-state index contributed by atoms with van der Waals surface area (Å²) in [5, 5.41) is 14.8. The Kier molecular flexibility index (Phi) is 5.07. The summed E-state index contributed by atoms with van der Waals surface area (Å²) in [7, 11) is -4.37. The summed E-state index contributed by atoms with van der Waals surface area (Å²) in [6.07, 6.45) is 0. The lowest BCUT2D eigenvalue weighted by Crippen LogP contribution is -2.22. The third-order valence-electron chi connectivity index (χ3n) is 4.48. The Morgan fingerprint density at radius 3 is 2.14 bits per heavy atom. The molecule has 146 valence electrons. The Bertz CT molecular complexity index is 1250. The minimum Gasteiger partial charge on any atom is -0.545 e. The Labute approximate surface area is 166 Å². The fourth-order valence-electron chi connectivity index (χ4n) is 3.03. The van der Waals surface area contributed by atoms with Crippen LogP contribution in [0.2, 0.25) is 0 Å². The Morgan fingerprint density at radius 2 is 1.48 bits per heavy atom. The molecule has 4 aromatic carbocycles. The van der Waals surface area contributed by atoms with Gasteiger partial charge >= 0.3 is 7.82 Å². The summed E-state index contributed by atoms with van der Waals surface area (Å²) in [5.74, 6) is -1.08. The lowest BCUT2D eigenvalue weighted by atomic mass is 10.0. The van der Waals surface area contributed by atoms with Gasteiger partial charge in [-0.25, -0.2) is 4.57 Å². The summed E-state index contributed by atoms with van der Waals surface area (Å²) in [4.78, 5) is 20.8. The van der Waals surface area contributed by atoms with Crippen LogP contribution in [0.15, 0.2) is 78.9 Å². The average molecular weight is 407 g/mol. The first-order valence-electron chi connectivity index (χ1n) is 8.79. The summed E-state index contributed by atoms with van der Waals surface area (Å²) < 4.78 is 22.5. The molecule has 29 heavy (non-hydrogen) atoms. The van der Waals surface area contributed by atoms with Crippen molar-refractivity contribution >= 4 is 35.3 Å². The molecule has 0 amide bonds. The molecular weight excluding hydrogens is 391 g/mol. The van der Waals surface area contributed by atoms with Crippen molar-refractivity contribution in [1.29, 1.82) is 0 Å². The van der Waals surface area contributed by atoms with E-state index in [9.17, 15) is 19.4 Å². The Hall–Kier alpha value is -3.18.